The molecule has 1 aromatic carbocycles. The van der Waals surface area contributed by atoms with Crippen molar-refractivity contribution in [2.24, 2.45) is 0 Å². The minimum atomic E-state index is -0.725. The molecule has 0 aliphatic rings. The standard InChI is InChI=1S/C10H14FNS/c1-8(11)6-7-13-10-5-3-2-4-9(10)12/h2-5,8H,6-7,12H2,1H3. The second-order valence-corrected chi connectivity index (χ2v) is 4.09. The number of hydrogen-bond donors (Lipinski definition) is 1. The molecule has 0 fully saturated rings. The molecule has 0 aliphatic heterocycles. The molecule has 0 bridgehead atoms. The Morgan fingerprint density at radius 2 is 2.15 bits per heavy atom. The van der Waals surface area contributed by atoms with E-state index in [1.165, 1.54) is 0 Å². The third kappa shape index (κ3) is 3.68. The Balaban J connectivity index is 2.41. The molecule has 0 aromatic heterocycles. The van der Waals surface area contributed by atoms with Crippen molar-refractivity contribution in [1.29, 1.82) is 0 Å². The smallest absolute Gasteiger partial charge is 0.0981 e. The van der Waals surface area contributed by atoms with Gasteiger partial charge in [-0.1, -0.05) is 12.1 Å². The number of thioether (sulfide) groups is 1. The Kier molecular flexibility index (Phi) is 4.09. The van der Waals surface area contributed by atoms with E-state index in [0.717, 1.165) is 16.3 Å². The van der Waals surface area contributed by atoms with Gasteiger partial charge in [0.25, 0.3) is 0 Å². The highest BCUT2D eigenvalue weighted by Gasteiger charge is 2.01. The predicted octanol–water partition coefficient (Wildman–Crippen LogP) is 3.11. The molecule has 0 radical (unpaired) electrons. The maximum atomic E-state index is 12.5. The fraction of sp³-hybridized carbons (Fsp3) is 0.400. The molecular formula is C10H14FNS. The van der Waals surface area contributed by atoms with Gasteiger partial charge >= 0.3 is 0 Å². The number of halogens is 1. The first kappa shape index (κ1) is 10.4. The third-order valence-electron chi connectivity index (χ3n) is 1.69. The van der Waals surface area contributed by atoms with Crippen molar-refractivity contribution in [3.8, 4) is 0 Å². The van der Waals surface area contributed by atoms with Crippen LogP contribution in [0.2, 0.25) is 0 Å². The number of rotatable bonds is 4. The number of alkyl halides is 1. The summed E-state index contributed by atoms with van der Waals surface area (Å²) in [5, 5.41) is 0. The highest BCUT2D eigenvalue weighted by molar-refractivity contribution is 7.99. The number of benzene rings is 1. The van der Waals surface area contributed by atoms with E-state index in [4.69, 9.17) is 5.73 Å². The molecule has 0 aliphatic carbocycles. The zero-order chi connectivity index (χ0) is 9.68. The second-order valence-electron chi connectivity index (χ2n) is 2.96. The van der Waals surface area contributed by atoms with Crippen LogP contribution in [0.25, 0.3) is 0 Å². The normalized spacial score (nSPS) is 12.8. The molecule has 0 spiro atoms. The van der Waals surface area contributed by atoms with Crippen molar-refractivity contribution in [3.05, 3.63) is 24.3 Å². The van der Waals surface area contributed by atoms with Crippen molar-refractivity contribution in [1.82, 2.24) is 0 Å². The van der Waals surface area contributed by atoms with E-state index in [0.29, 0.717) is 6.42 Å². The van der Waals surface area contributed by atoms with Crippen LogP contribution in [0.4, 0.5) is 10.1 Å². The molecular weight excluding hydrogens is 185 g/mol. The molecule has 1 rings (SSSR count). The van der Waals surface area contributed by atoms with Crippen LogP contribution in [0.5, 0.6) is 0 Å². The van der Waals surface area contributed by atoms with Crippen molar-refractivity contribution >= 4 is 17.4 Å². The van der Waals surface area contributed by atoms with Crippen LogP contribution in [0.1, 0.15) is 13.3 Å². The Hall–Kier alpha value is -0.700. The zero-order valence-electron chi connectivity index (χ0n) is 7.66. The van der Waals surface area contributed by atoms with Crippen molar-refractivity contribution in [3.63, 3.8) is 0 Å². The quantitative estimate of drug-likeness (QED) is 0.595. The average molecular weight is 199 g/mol. The summed E-state index contributed by atoms with van der Waals surface area (Å²) in [7, 11) is 0. The van der Waals surface area contributed by atoms with E-state index in [-0.39, 0.29) is 0 Å². The Labute approximate surface area is 82.5 Å². The first-order chi connectivity index (χ1) is 6.20. The molecule has 72 valence electrons. The van der Waals surface area contributed by atoms with Gasteiger partial charge < -0.3 is 5.73 Å². The summed E-state index contributed by atoms with van der Waals surface area (Å²) in [6.45, 7) is 1.58. The van der Waals surface area contributed by atoms with Gasteiger partial charge in [-0.3, -0.25) is 0 Å². The molecule has 1 aromatic rings. The molecule has 2 N–H and O–H groups in total. The van der Waals surface area contributed by atoms with Gasteiger partial charge in [-0.2, -0.15) is 0 Å². The monoisotopic (exact) mass is 199 g/mol. The molecule has 0 amide bonds. The Morgan fingerprint density at radius 3 is 2.77 bits per heavy atom. The predicted molar refractivity (Wildman–Crippen MR) is 56.8 cm³/mol. The topological polar surface area (TPSA) is 26.0 Å². The number of para-hydroxylation sites is 1. The second kappa shape index (κ2) is 5.12. The molecule has 13 heavy (non-hydrogen) atoms. The minimum absolute atomic E-state index is 0.582. The number of anilines is 1. The van der Waals surface area contributed by atoms with E-state index in [9.17, 15) is 4.39 Å². The third-order valence-corrected chi connectivity index (χ3v) is 2.81. The lowest BCUT2D eigenvalue weighted by molar-refractivity contribution is 0.355. The molecule has 1 nitrogen and oxygen atoms in total. The van der Waals surface area contributed by atoms with Gasteiger partial charge in [-0.25, -0.2) is 4.39 Å². The van der Waals surface area contributed by atoms with Crippen LogP contribution in [0, 0.1) is 0 Å². The lowest BCUT2D eigenvalue weighted by Crippen LogP contribution is -1.95. The summed E-state index contributed by atoms with van der Waals surface area (Å²) >= 11 is 1.61. The fourth-order valence-corrected chi connectivity index (χ4v) is 2.02. The molecule has 0 saturated heterocycles. The SMILES string of the molecule is CC(F)CCSc1ccccc1N. The fourth-order valence-electron chi connectivity index (χ4n) is 0.943. The van der Waals surface area contributed by atoms with E-state index in [1.54, 1.807) is 18.7 Å². The summed E-state index contributed by atoms with van der Waals surface area (Å²) in [4.78, 5) is 1.04. The maximum absolute atomic E-state index is 12.5. The number of hydrogen-bond acceptors (Lipinski definition) is 2. The van der Waals surface area contributed by atoms with E-state index >= 15 is 0 Å². The van der Waals surface area contributed by atoms with Gasteiger partial charge in [0.15, 0.2) is 0 Å². The molecule has 0 heterocycles. The summed E-state index contributed by atoms with van der Waals surface area (Å²) in [5.74, 6) is 0.784. The van der Waals surface area contributed by atoms with Crippen LogP contribution in [-0.4, -0.2) is 11.9 Å². The largest absolute Gasteiger partial charge is 0.398 e. The van der Waals surface area contributed by atoms with E-state index in [1.807, 2.05) is 24.3 Å². The van der Waals surface area contributed by atoms with Gasteiger partial charge in [0, 0.05) is 16.3 Å². The lowest BCUT2D eigenvalue weighted by Gasteiger charge is -2.04. The van der Waals surface area contributed by atoms with E-state index < -0.39 is 6.17 Å². The Bertz CT molecular complexity index is 263. The highest BCUT2D eigenvalue weighted by atomic mass is 32.2. The highest BCUT2D eigenvalue weighted by Crippen LogP contribution is 2.25. The minimum Gasteiger partial charge on any atom is -0.398 e. The van der Waals surface area contributed by atoms with Crippen LogP contribution < -0.4 is 5.73 Å². The van der Waals surface area contributed by atoms with Gasteiger partial charge in [-0.05, 0) is 25.5 Å². The average Bonchev–Trinajstić information content (AvgIpc) is 2.08. The summed E-state index contributed by atoms with van der Waals surface area (Å²) in [6.07, 6.45) is -0.142. The van der Waals surface area contributed by atoms with Crippen LogP contribution >= 0.6 is 11.8 Å². The zero-order valence-corrected chi connectivity index (χ0v) is 8.48. The number of nitrogen functional groups attached to an aromatic ring is 1. The summed E-state index contributed by atoms with van der Waals surface area (Å²) in [5.41, 5.74) is 6.50. The van der Waals surface area contributed by atoms with Gasteiger partial charge in [-0.15, -0.1) is 11.8 Å². The van der Waals surface area contributed by atoms with Crippen LogP contribution in [0.3, 0.4) is 0 Å². The lowest BCUT2D eigenvalue weighted by atomic mass is 10.3. The van der Waals surface area contributed by atoms with Crippen molar-refractivity contribution in [2.75, 3.05) is 11.5 Å². The van der Waals surface area contributed by atoms with Gasteiger partial charge in [0.05, 0.1) is 6.17 Å². The van der Waals surface area contributed by atoms with E-state index in [2.05, 4.69) is 0 Å². The first-order valence-electron chi connectivity index (χ1n) is 4.31. The Morgan fingerprint density at radius 1 is 1.46 bits per heavy atom. The molecule has 1 unspecified atom stereocenters. The maximum Gasteiger partial charge on any atom is 0.0981 e. The molecule has 3 heteroatoms. The van der Waals surface area contributed by atoms with Crippen molar-refractivity contribution in [2.45, 2.75) is 24.4 Å². The van der Waals surface area contributed by atoms with Crippen LogP contribution in [0.15, 0.2) is 29.2 Å². The summed E-state index contributed by atoms with van der Waals surface area (Å²) in [6, 6.07) is 7.67. The van der Waals surface area contributed by atoms with Gasteiger partial charge in [0.2, 0.25) is 0 Å². The van der Waals surface area contributed by atoms with Crippen LogP contribution in [-0.2, 0) is 0 Å². The number of nitrogens with two attached hydrogens (primary N) is 1. The summed E-state index contributed by atoms with van der Waals surface area (Å²) < 4.78 is 12.5. The molecule has 1 atom stereocenters. The first-order valence-corrected chi connectivity index (χ1v) is 5.30. The van der Waals surface area contributed by atoms with Crippen molar-refractivity contribution < 1.29 is 4.39 Å². The van der Waals surface area contributed by atoms with Gasteiger partial charge in [0.1, 0.15) is 0 Å². The molecule has 0 saturated carbocycles.